The lowest BCUT2D eigenvalue weighted by Gasteiger charge is -2.49. The Morgan fingerprint density at radius 1 is 0.919 bits per heavy atom. The lowest BCUT2D eigenvalue weighted by Crippen LogP contribution is -2.60. The molecule has 5 heteroatoms. The fourth-order valence-corrected chi connectivity index (χ4v) is 6.02. The van der Waals surface area contributed by atoms with Crippen molar-refractivity contribution in [1.29, 1.82) is 0 Å². The molecule has 5 rings (SSSR count). The van der Waals surface area contributed by atoms with E-state index < -0.39 is 0 Å². The number of carbonyl (C=O) groups is 1. The first-order valence-electron chi connectivity index (χ1n) is 14.4. The molecule has 1 saturated carbocycles. The largest absolute Gasteiger partial charge is 0.493 e. The summed E-state index contributed by atoms with van der Waals surface area (Å²) in [4.78, 5) is 18.4. The highest BCUT2D eigenvalue weighted by Gasteiger charge is 2.40. The lowest BCUT2D eigenvalue weighted by molar-refractivity contribution is -0.141. The van der Waals surface area contributed by atoms with Crippen molar-refractivity contribution in [2.75, 3.05) is 39.3 Å². The van der Waals surface area contributed by atoms with Crippen LogP contribution in [0.25, 0.3) is 0 Å². The number of piperazine rings is 1. The van der Waals surface area contributed by atoms with E-state index in [1.54, 1.807) is 0 Å². The Bertz CT molecular complexity index is 1010. The van der Waals surface area contributed by atoms with E-state index in [-0.39, 0.29) is 17.5 Å². The molecular formula is C32H45N3O2. The summed E-state index contributed by atoms with van der Waals surface area (Å²) in [6.45, 7) is 12.3. The number of rotatable bonds is 8. The summed E-state index contributed by atoms with van der Waals surface area (Å²) in [6, 6.07) is 19.9. The summed E-state index contributed by atoms with van der Waals surface area (Å²) in [6.07, 6.45) is 5.52. The number of ether oxygens (including phenoxy) is 1. The second kappa shape index (κ2) is 11.6. The van der Waals surface area contributed by atoms with E-state index in [0.29, 0.717) is 18.2 Å². The molecule has 2 saturated heterocycles. The number of carbonyl (C=O) groups excluding carboxylic acids is 1. The fraction of sp³-hybridized carbons (Fsp3) is 0.594. The van der Waals surface area contributed by atoms with Gasteiger partial charge in [-0.05, 0) is 79.3 Å². The smallest absolute Gasteiger partial charge is 0.223 e. The first kappa shape index (κ1) is 26.2. The summed E-state index contributed by atoms with van der Waals surface area (Å²) in [7, 11) is 0. The Balaban J connectivity index is 1.35. The van der Waals surface area contributed by atoms with Crippen LogP contribution in [-0.4, -0.2) is 61.1 Å². The fourth-order valence-electron chi connectivity index (χ4n) is 6.02. The predicted octanol–water partition coefficient (Wildman–Crippen LogP) is 5.51. The van der Waals surface area contributed by atoms with E-state index in [4.69, 9.17) is 4.74 Å². The molecule has 0 bridgehead atoms. The zero-order chi connectivity index (χ0) is 25.8. The van der Waals surface area contributed by atoms with Gasteiger partial charge < -0.3 is 15.0 Å². The maximum atomic E-state index is 13.6. The van der Waals surface area contributed by atoms with Gasteiger partial charge in [0.05, 0.1) is 12.6 Å². The maximum absolute atomic E-state index is 13.6. The predicted molar refractivity (Wildman–Crippen MR) is 150 cm³/mol. The van der Waals surface area contributed by atoms with Crippen LogP contribution in [0.2, 0.25) is 0 Å². The van der Waals surface area contributed by atoms with E-state index in [1.807, 2.05) is 0 Å². The summed E-state index contributed by atoms with van der Waals surface area (Å²) in [5.74, 6) is 2.58. The summed E-state index contributed by atoms with van der Waals surface area (Å²) in [5.41, 5.74) is 2.59. The zero-order valence-corrected chi connectivity index (χ0v) is 23.0. The van der Waals surface area contributed by atoms with E-state index in [9.17, 15) is 4.79 Å². The van der Waals surface area contributed by atoms with Gasteiger partial charge in [0, 0.05) is 32.1 Å². The monoisotopic (exact) mass is 503 g/mol. The minimum atomic E-state index is 0.00416. The van der Waals surface area contributed by atoms with Gasteiger partial charge in [0.25, 0.3) is 0 Å². The van der Waals surface area contributed by atoms with E-state index in [1.165, 1.54) is 24.0 Å². The van der Waals surface area contributed by atoms with Crippen molar-refractivity contribution in [2.45, 2.75) is 65.0 Å². The molecule has 37 heavy (non-hydrogen) atoms. The highest BCUT2D eigenvalue weighted by Crippen LogP contribution is 2.36. The third kappa shape index (κ3) is 6.74. The highest BCUT2D eigenvalue weighted by atomic mass is 16.5. The van der Waals surface area contributed by atoms with Gasteiger partial charge in [-0.2, -0.15) is 0 Å². The van der Waals surface area contributed by atoms with Crippen LogP contribution in [0.4, 0.5) is 0 Å². The molecule has 2 heterocycles. The highest BCUT2D eigenvalue weighted by molar-refractivity contribution is 5.77. The van der Waals surface area contributed by atoms with Crippen LogP contribution >= 0.6 is 0 Å². The second-order valence-corrected chi connectivity index (χ2v) is 12.5. The average Bonchev–Trinajstić information content (AvgIpc) is 3.74. The number of nitrogens with one attached hydrogen (secondary N) is 1. The van der Waals surface area contributed by atoms with Crippen LogP contribution in [0.1, 0.15) is 70.0 Å². The molecular weight excluding hydrogens is 458 g/mol. The molecule has 1 aliphatic carbocycles. The van der Waals surface area contributed by atoms with Crippen molar-refractivity contribution in [3.63, 3.8) is 0 Å². The number of benzene rings is 2. The normalized spacial score (nSPS) is 22.6. The van der Waals surface area contributed by atoms with Crippen LogP contribution in [0, 0.1) is 17.3 Å². The minimum Gasteiger partial charge on any atom is -0.493 e. The van der Waals surface area contributed by atoms with Gasteiger partial charge in [-0.3, -0.25) is 9.69 Å². The van der Waals surface area contributed by atoms with Crippen LogP contribution in [0.5, 0.6) is 5.75 Å². The Hall–Kier alpha value is -2.37. The number of hydrogen-bond acceptors (Lipinski definition) is 4. The van der Waals surface area contributed by atoms with Crippen LogP contribution in [0.15, 0.2) is 54.6 Å². The molecule has 1 unspecified atom stereocenters. The summed E-state index contributed by atoms with van der Waals surface area (Å²) in [5, 5.41) is 3.43. The molecule has 1 N–H and O–H groups in total. The molecule has 2 aliphatic heterocycles. The van der Waals surface area contributed by atoms with Gasteiger partial charge >= 0.3 is 0 Å². The van der Waals surface area contributed by atoms with Gasteiger partial charge in [0.1, 0.15) is 5.75 Å². The molecule has 1 amide bonds. The molecule has 3 aliphatic rings. The summed E-state index contributed by atoms with van der Waals surface area (Å²) >= 11 is 0. The van der Waals surface area contributed by atoms with E-state index in [0.717, 1.165) is 63.8 Å². The van der Waals surface area contributed by atoms with Crippen LogP contribution in [-0.2, 0) is 4.79 Å². The van der Waals surface area contributed by atoms with Crippen LogP contribution < -0.4 is 10.1 Å². The second-order valence-electron chi connectivity index (χ2n) is 12.5. The first-order chi connectivity index (χ1) is 17.9. The van der Waals surface area contributed by atoms with Gasteiger partial charge in [-0.1, -0.05) is 63.2 Å². The molecule has 5 nitrogen and oxygen atoms in total. The van der Waals surface area contributed by atoms with Crippen molar-refractivity contribution in [2.24, 2.45) is 17.3 Å². The number of nitrogens with zero attached hydrogens (tertiary/aromatic N) is 2. The van der Waals surface area contributed by atoms with Gasteiger partial charge in [0.15, 0.2) is 0 Å². The Kier molecular flexibility index (Phi) is 8.21. The molecule has 3 fully saturated rings. The SMILES string of the molecule is CC(C)(C)[C@H]1CN(C(c2ccccc2)c2ccc(OCC3CC3)cc2)CCN1C(=O)CC1CCNCC1. The topological polar surface area (TPSA) is 44.8 Å². The maximum Gasteiger partial charge on any atom is 0.223 e. The number of piperidine rings is 1. The molecule has 2 atom stereocenters. The average molecular weight is 504 g/mol. The molecule has 0 aromatic heterocycles. The number of amides is 1. The third-order valence-electron chi connectivity index (χ3n) is 8.51. The summed E-state index contributed by atoms with van der Waals surface area (Å²) < 4.78 is 6.02. The minimum absolute atomic E-state index is 0.00416. The van der Waals surface area contributed by atoms with Gasteiger partial charge in [0.2, 0.25) is 5.91 Å². The van der Waals surface area contributed by atoms with Gasteiger partial charge in [-0.25, -0.2) is 0 Å². The quantitative estimate of drug-likeness (QED) is 0.516. The molecule has 200 valence electrons. The molecule has 0 spiro atoms. The van der Waals surface area contributed by atoms with Crippen molar-refractivity contribution in [3.05, 3.63) is 65.7 Å². The molecule has 0 radical (unpaired) electrons. The standard InChI is InChI=1S/C32H45N3O2/c1-32(2,3)29-22-34(19-20-35(29)30(36)21-24-15-17-33-18-16-24)31(26-7-5-4-6-8-26)27-11-13-28(14-12-27)37-23-25-9-10-25/h4-8,11-14,24-25,29,31,33H,9-10,15-23H2,1-3H3/t29-,31?/m1/s1. The Labute approximate surface area is 223 Å². The lowest BCUT2D eigenvalue weighted by atomic mass is 9.82. The van der Waals surface area contributed by atoms with Crippen molar-refractivity contribution >= 4 is 5.91 Å². The molecule has 2 aromatic rings. The Morgan fingerprint density at radius 3 is 2.24 bits per heavy atom. The van der Waals surface area contributed by atoms with E-state index >= 15 is 0 Å². The van der Waals surface area contributed by atoms with E-state index in [2.05, 4.69) is 90.5 Å². The zero-order valence-electron chi connectivity index (χ0n) is 23.0. The van der Waals surface area contributed by atoms with Gasteiger partial charge in [-0.15, -0.1) is 0 Å². The third-order valence-corrected chi connectivity index (χ3v) is 8.51. The van der Waals surface area contributed by atoms with Crippen LogP contribution in [0.3, 0.4) is 0 Å². The number of hydrogen-bond donors (Lipinski definition) is 1. The Morgan fingerprint density at radius 2 is 1.59 bits per heavy atom. The van der Waals surface area contributed by atoms with Crippen molar-refractivity contribution in [1.82, 2.24) is 15.1 Å². The van der Waals surface area contributed by atoms with Crippen molar-refractivity contribution < 1.29 is 9.53 Å². The van der Waals surface area contributed by atoms with Crippen molar-refractivity contribution in [3.8, 4) is 5.75 Å². The first-order valence-corrected chi connectivity index (χ1v) is 14.4. The molecule has 2 aromatic carbocycles.